The maximum atomic E-state index is 13.4. The van der Waals surface area contributed by atoms with Crippen LogP contribution in [0, 0.1) is 0 Å². The van der Waals surface area contributed by atoms with Crippen LogP contribution in [0.2, 0.25) is 5.02 Å². The van der Waals surface area contributed by atoms with Crippen LogP contribution in [0.5, 0.6) is 0 Å². The highest BCUT2D eigenvalue weighted by Crippen LogP contribution is 2.30. The number of piperidine rings is 1. The van der Waals surface area contributed by atoms with E-state index in [1.54, 1.807) is 11.0 Å². The monoisotopic (exact) mass is 489 g/mol. The molecule has 1 unspecified atom stereocenters. The quantitative estimate of drug-likeness (QED) is 0.558. The largest absolute Gasteiger partial charge is 0.379 e. The summed E-state index contributed by atoms with van der Waals surface area (Å²) < 4.78 is 34.8. The molecule has 11 heteroatoms. The lowest BCUT2D eigenvalue weighted by molar-refractivity contribution is 0.0703. The van der Waals surface area contributed by atoms with Gasteiger partial charge in [0.2, 0.25) is 10.0 Å². The topological polar surface area (TPSA) is 97.1 Å². The molecule has 0 radical (unpaired) electrons. The lowest BCUT2D eigenvalue weighted by Gasteiger charge is -2.32. The van der Waals surface area contributed by atoms with Crippen molar-refractivity contribution in [3.8, 4) is 0 Å². The van der Waals surface area contributed by atoms with Gasteiger partial charge >= 0.3 is 0 Å². The van der Waals surface area contributed by atoms with Crippen molar-refractivity contribution in [1.29, 1.82) is 0 Å². The summed E-state index contributed by atoms with van der Waals surface area (Å²) in [5.41, 5.74) is 1.07. The highest BCUT2D eigenvalue weighted by molar-refractivity contribution is 7.89. The summed E-state index contributed by atoms with van der Waals surface area (Å²) >= 11 is 6.26. The number of sulfonamides is 1. The van der Waals surface area contributed by atoms with E-state index in [9.17, 15) is 13.2 Å². The van der Waals surface area contributed by atoms with Crippen molar-refractivity contribution in [3.05, 3.63) is 59.0 Å². The van der Waals surface area contributed by atoms with Gasteiger partial charge in [-0.2, -0.15) is 4.31 Å². The molecule has 33 heavy (non-hydrogen) atoms. The van der Waals surface area contributed by atoms with E-state index in [2.05, 4.69) is 10.2 Å². The number of benzene rings is 1. The summed E-state index contributed by atoms with van der Waals surface area (Å²) in [5.74, 6) is 0.655. The lowest BCUT2D eigenvalue weighted by atomic mass is 9.96. The van der Waals surface area contributed by atoms with Gasteiger partial charge in [0.1, 0.15) is 10.7 Å². The van der Waals surface area contributed by atoms with Crippen LogP contribution in [0.4, 0.5) is 0 Å². The van der Waals surface area contributed by atoms with Gasteiger partial charge in [-0.15, -0.1) is 10.2 Å². The van der Waals surface area contributed by atoms with Gasteiger partial charge in [0, 0.05) is 43.9 Å². The summed E-state index contributed by atoms with van der Waals surface area (Å²) in [7, 11) is -3.82. The number of ether oxygens (including phenoxy) is 1. The van der Waals surface area contributed by atoms with Crippen LogP contribution < -0.4 is 0 Å². The Bertz CT molecular complexity index is 1290. The summed E-state index contributed by atoms with van der Waals surface area (Å²) in [4.78, 5) is 15.1. The van der Waals surface area contributed by atoms with Crippen LogP contribution in [-0.2, 0) is 14.8 Å². The fourth-order valence-corrected chi connectivity index (χ4v) is 6.36. The molecule has 3 aromatic rings. The zero-order valence-corrected chi connectivity index (χ0v) is 19.5. The average molecular weight is 490 g/mol. The SMILES string of the molecule is O=C(c1ccc(Cl)c(S(=O)(=O)N2CCOCC2)c1)N1CCCC(c2nnc3ccccn23)C1. The Hall–Kier alpha value is -2.53. The number of fused-ring (bicyclic) bond motifs is 1. The molecule has 4 heterocycles. The number of morpholine rings is 1. The first kappa shape index (κ1) is 22.3. The minimum atomic E-state index is -3.82. The van der Waals surface area contributed by atoms with E-state index >= 15 is 0 Å². The van der Waals surface area contributed by atoms with Gasteiger partial charge in [0.05, 0.1) is 18.2 Å². The smallest absolute Gasteiger partial charge is 0.253 e. The molecule has 0 saturated carbocycles. The van der Waals surface area contributed by atoms with Crippen LogP contribution in [0.3, 0.4) is 0 Å². The standard InChI is InChI=1S/C22H24ClN5O4S/c23-18-7-6-16(14-19(18)33(30,31)27-10-12-32-13-11-27)22(29)26-8-3-4-17(15-26)21-25-24-20-5-1-2-9-28(20)21/h1-2,5-7,9,14,17H,3-4,8,10-13,15H2. The van der Waals surface area contributed by atoms with Crippen LogP contribution in [0.1, 0.15) is 34.9 Å². The average Bonchev–Trinajstić information content (AvgIpc) is 3.29. The van der Waals surface area contributed by atoms with E-state index in [1.807, 2.05) is 28.8 Å². The Morgan fingerprint density at radius 1 is 1.09 bits per heavy atom. The molecule has 0 aliphatic carbocycles. The number of rotatable bonds is 4. The first-order chi connectivity index (χ1) is 15.9. The predicted molar refractivity (Wildman–Crippen MR) is 122 cm³/mol. The fourth-order valence-electron chi connectivity index (χ4n) is 4.45. The molecule has 5 rings (SSSR count). The molecule has 0 bridgehead atoms. The second kappa shape index (κ2) is 9.02. The highest BCUT2D eigenvalue weighted by Gasteiger charge is 2.32. The van der Waals surface area contributed by atoms with Gasteiger partial charge in [0.15, 0.2) is 5.65 Å². The summed E-state index contributed by atoms with van der Waals surface area (Å²) in [6.45, 7) is 2.28. The van der Waals surface area contributed by atoms with Crippen molar-refractivity contribution >= 4 is 33.2 Å². The van der Waals surface area contributed by atoms with Crippen molar-refractivity contribution in [2.24, 2.45) is 0 Å². The molecule has 1 amide bonds. The molecule has 9 nitrogen and oxygen atoms in total. The fraction of sp³-hybridized carbons (Fsp3) is 0.409. The number of aromatic nitrogens is 3. The minimum Gasteiger partial charge on any atom is -0.379 e. The van der Waals surface area contributed by atoms with E-state index in [1.165, 1.54) is 16.4 Å². The van der Waals surface area contributed by atoms with Crippen LogP contribution >= 0.6 is 11.6 Å². The second-order valence-electron chi connectivity index (χ2n) is 8.24. The van der Waals surface area contributed by atoms with Crippen LogP contribution in [0.25, 0.3) is 5.65 Å². The lowest BCUT2D eigenvalue weighted by Crippen LogP contribution is -2.41. The Morgan fingerprint density at radius 3 is 2.73 bits per heavy atom. The number of pyridine rings is 1. The third kappa shape index (κ3) is 4.23. The normalized spacial score (nSPS) is 20.3. The molecule has 174 valence electrons. The molecular formula is C22H24ClN5O4S. The Morgan fingerprint density at radius 2 is 1.91 bits per heavy atom. The maximum Gasteiger partial charge on any atom is 0.253 e. The van der Waals surface area contributed by atoms with Crippen molar-refractivity contribution in [1.82, 2.24) is 23.8 Å². The minimum absolute atomic E-state index is 0.0453. The zero-order valence-electron chi connectivity index (χ0n) is 17.9. The van der Waals surface area contributed by atoms with E-state index in [0.717, 1.165) is 24.3 Å². The predicted octanol–water partition coefficient (Wildman–Crippen LogP) is 2.42. The zero-order chi connectivity index (χ0) is 23.0. The van der Waals surface area contributed by atoms with Gasteiger partial charge in [-0.05, 0) is 43.2 Å². The number of halogens is 1. The number of nitrogens with zero attached hydrogens (tertiary/aromatic N) is 5. The van der Waals surface area contributed by atoms with Gasteiger partial charge in [-0.3, -0.25) is 9.20 Å². The molecule has 1 aromatic carbocycles. The number of amides is 1. The van der Waals surface area contributed by atoms with E-state index in [0.29, 0.717) is 31.9 Å². The molecule has 1 atom stereocenters. The van der Waals surface area contributed by atoms with Crippen LogP contribution in [0.15, 0.2) is 47.5 Å². The van der Waals surface area contributed by atoms with E-state index in [-0.39, 0.29) is 34.8 Å². The van der Waals surface area contributed by atoms with Crippen molar-refractivity contribution in [2.45, 2.75) is 23.7 Å². The van der Waals surface area contributed by atoms with Crippen molar-refractivity contribution < 1.29 is 17.9 Å². The summed E-state index contributed by atoms with van der Waals surface area (Å²) in [6, 6.07) is 10.2. The van der Waals surface area contributed by atoms with Gasteiger partial charge < -0.3 is 9.64 Å². The number of hydrogen-bond donors (Lipinski definition) is 0. The molecule has 0 N–H and O–H groups in total. The second-order valence-corrected chi connectivity index (χ2v) is 10.6. The Kier molecular flexibility index (Phi) is 6.09. The summed E-state index contributed by atoms with van der Waals surface area (Å²) in [5, 5.41) is 8.69. The molecule has 2 aliphatic rings. The Labute approximate surface area is 197 Å². The highest BCUT2D eigenvalue weighted by atomic mass is 35.5. The number of hydrogen-bond acceptors (Lipinski definition) is 6. The van der Waals surface area contributed by atoms with E-state index in [4.69, 9.17) is 16.3 Å². The first-order valence-corrected chi connectivity index (χ1v) is 12.7. The molecule has 0 spiro atoms. The van der Waals surface area contributed by atoms with Crippen molar-refractivity contribution in [2.75, 3.05) is 39.4 Å². The maximum absolute atomic E-state index is 13.4. The van der Waals surface area contributed by atoms with E-state index < -0.39 is 10.0 Å². The molecule has 2 fully saturated rings. The van der Waals surface area contributed by atoms with Crippen molar-refractivity contribution in [3.63, 3.8) is 0 Å². The number of carbonyl (C=O) groups is 1. The number of carbonyl (C=O) groups excluding carboxylic acids is 1. The van der Waals surface area contributed by atoms with Crippen LogP contribution in [-0.4, -0.2) is 77.5 Å². The third-order valence-corrected chi connectivity index (χ3v) is 8.56. The molecule has 2 aliphatic heterocycles. The Balaban J connectivity index is 1.39. The molecular weight excluding hydrogens is 466 g/mol. The third-order valence-electron chi connectivity index (χ3n) is 6.18. The van der Waals surface area contributed by atoms with Gasteiger partial charge in [-0.1, -0.05) is 17.7 Å². The molecule has 2 saturated heterocycles. The number of likely N-dealkylation sites (tertiary alicyclic amines) is 1. The van der Waals surface area contributed by atoms with Gasteiger partial charge in [0.25, 0.3) is 5.91 Å². The summed E-state index contributed by atoms with van der Waals surface area (Å²) in [6.07, 6.45) is 3.65. The van der Waals surface area contributed by atoms with Gasteiger partial charge in [-0.25, -0.2) is 8.42 Å². The molecule has 2 aromatic heterocycles. The first-order valence-electron chi connectivity index (χ1n) is 10.9.